The summed E-state index contributed by atoms with van der Waals surface area (Å²) in [5.41, 5.74) is 1.20. The van der Waals surface area contributed by atoms with E-state index in [-0.39, 0.29) is 10.6 Å². The molecule has 2 aromatic rings. The van der Waals surface area contributed by atoms with E-state index < -0.39 is 9.84 Å². The highest BCUT2D eigenvalue weighted by molar-refractivity contribution is 8.00. The van der Waals surface area contributed by atoms with Gasteiger partial charge in [-0.15, -0.1) is 0 Å². The Bertz CT molecular complexity index is 728. The number of sulfone groups is 1. The van der Waals surface area contributed by atoms with Crippen molar-refractivity contribution in [1.29, 1.82) is 5.26 Å². The second kappa shape index (κ2) is 6.11. The van der Waals surface area contributed by atoms with Gasteiger partial charge in [-0.3, -0.25) is 0 Å². The van der Waals surface area contributed by atoms with Crippen molar-refractivity contribution < 1.29 is 12.8 Å². The molecular formula is C13H12N2O3S2. The summed E-state index contributed by atoms with van der Waals surface area (Å²) >= 11 is 1.26. The molecule has 104 valence electrons. The van der Waals surface area contributed by atoms with Crippen LogP contribution in [-0.4, -0.2) is 24.9 Å². The first-order valence-corrected chi connectivity index (χ1v) is 8.43. The topological polar surface area (TPSA) is 84.0 Å². The summed E-state index contributed by atoms with van der Waals surface area (Å²) in [5.74, 6) is 0.354. The van der Waals surface area contributed by atoms with Crippen molar-refractivity contribution in [2.45, 2.75) is 17.0 Å². The Morgan fingerprint density at radius 1 is 1.35 bits per heavy atom. The zero-order chi connectivity index (χ0) is 14.6. The van der Waals surface area contributed by atoms with E-state index in [0.717, 1.165) is 5.69 Å². The van der Waals surface area contributed by atoms with Crippen molar-refractivity contribution in [2.24, 2.45) is 0 Å². The van der Waals surface area contributed by atoms with E-state index in [1.807, 2.05) is 6.07 Å². The highest BCUT2D eigenvalue weighted by Crippen LogP contribution is 2.19. The number of thioether (sulfide) groups is 1. The normalized spacial score (nSPS) is 11.2. The highest BCUT2D eigenvalue weighted by Gasteiger charge is 2.15. The fraction of sp³-hybridized carbons (Fsp3) is 0.231. The van der Waals surface area contributed by atoms with Crippen LogP contribution < -0.4 is 0 Å². The summed E-state index contributed by atoms with van der Waals surface area (Å²) in [6, 6.07) is 7.85. The first-order valence-electron chi connectivity index (χ1n) is 5.79. The largest absolute Gasteiger partial charge is 0.440 e. The van der Waals surface area contributed by atoms with Gasteiger partial charge < -0.3 is 4.42 Å². The zero-order valence-corrected chi connectivity index (χ0v) is 12.4. The lowest BCUT2D eigenvalue weighted by molar-refractivity contribution is 0.454. The van der Waals surface area contributed by atoms with Crippen LogP contribution in [0.5, 0.6) is 0 Å². The van der Waals surface area contributed by atoms with Crippen LogP contribution in [0.15, 0.2) is 45.1 Å². The molecule has 1 aromatic heterocycles. The predicted octanol–water partition coefficient (Wildman–Crippen LogP) is 2.42. The molecule has 0 saturated carbocycles. The van der Waals surface area contributed by atoms with Gasteiger partial charge in [-0.1, -0.05) is 11.8 Å². The van der Waals surface area contributed by atoms with Gasteiger partial charge in [0.15, 0.2) is 9.84 Å². The van der Waals surface area contributed by atoms with Gasteiger partial charge in [-0.05, 0) is 31.2 Å². The van der Waals surface area contributed by atoms with Crippen molar-refractivity contribution in [2.75, 3.05) is 11.5 Å². The minimum Gasteiger partial charge on any atom is -0.440 e. The molecular weight excluding hydrogens is 296 g/mol. The van der Waals surface area contributed by atoms with Gasteiger partial charge in [0.1, 0.15) is 6.26 Å². The summed E-state index contributed by atoms with van der Waals surface area (Å²) in [7, 11) is -3.35. The van der Waals surface area contributed by atoms with Gasteiger partial charge in [0.05, 0.1) is 28.0 Å². The Morgan fingerprint density at radius 3 is 2.60 bits per heavy atom. The van der Waals surface area contributed by atoms with Crippen molar-refractivity contribution in [3.63, 3.8) is 0 Å². The van der Waals surface area contributed by atoms with Crippen LogP contribution in [0.3, 0.4) is 0 Å². The van der Waals surface area contributed by atoms with Crippen molar-refractivity contribution >= 4 is 21.6 Å². The molecule has 5 nitrogen and oxygen atoms in total. The molecule has 0 saturated heterocycles. The lowest BCUT2D eigenvalue weighted by Crippen LogP contribution is -2.08. The number of hydrogen-bond acceptors (Lipinski definition) is 6. The van der Waals surface area contributed by atoms with Gasteiger partial charge in [0.25, 0.3) is 5.22 Å². The summed E-state index contributed by atoms with van der Waals surface area (Å²) in [5, 5.41) is 9.15. The summed E-state index contributed by atoms with van der Waals surface area (Å²) in [4.78, 5) is 4.31. The van der Waals surface area contributed by atoms with Crippen LogP contribution in [0.4, 0.5) is 0 Å². The number of aromatic nitrogens is 1. The third kappa shape index (κ3) is 3.62. The molecule has 0 amide bonds. The third-order valence-corrected chi connectivity index (χ3v) is 5.35. The summed E-state index contributed by atoms with van der Waals surface area (Å²) in [6.45, 7) is 1.81. The maximum absolute atomic E-state index is 12.1. The molecule has 0 N–H and O–H groups in total. The highest BCUT2D eigenvalue weighted by atomic mass is 32.2. The fourth-order valence-corrected chi connectivity index (χ4v) is 3.99. The van der Waals surface area contributed by atoms with Crippen LogP contribution in [0.2, 0.25) is 0 Å². The summed E-state index contributed by atoms with van der Waals surface area (Å²) in [6.07, 6.45) is 1.53. The molecule has 0 radical (unpaired) electrons. The smallest absolute Gasteiger partial charge is 0.255 e. The first kappa shape index (κ1) is 14.6. The fourth-order valence-electron chi connectivity index (χ4n) is 1.49. The third-order valence-electron chi connectivity index (χ3n) is 2.52. The van der Waals surface area contributed by atoms with E-state index in [1.165, 1.54) is 42.3 Å². The molecule has 1 aromatic carbocycles. The SMILES string of the molecule is Cc1coc(SCCS(=O)(=O)c2ccc(C#N)cc2)n1. The van der Waals surface area contributed by atoms with Gasteiger partial charge in [-0.2, -0.15) is 5.26 Å². The molecule has 0 aliphatic rings. The van der Waals surface area contributed by atoms with E-state index in [9.17, 15) is 8.42 Å². The molecule has 0 spiro atoms. The van der Waals surface area contributed by atoms with Crippen LogP contribution in [0, 0.1) is 18.3 Å². The standard InChI is InChI=1S/C13H12N2O3S2/c1-10-9-18-13(15-10)19-6-7-20(16,17)12-4-2-11(8-14)3-5-12/h2-5,9H,6-7H2,1H3. The number of aryl methyl sites for hydroxylation is 1. The zero-order valence-electron chi connectivity index (χ0n) is 10.7. The van der Waals surface area contributed by atoms with Crippen molar-refractivity contribution in [3.05, 3.63) is 41.8 Å². The van der Waals surface area contributed by atoms with Gasteiger partial charge in [-0.25, -0.2) is 13.4 Å². The number of oxazole rings is 1. The number of hydrogen-bond donors (Lipinski definition) is 0. The van der Waals surface area contributed by atoms with Gasteiger partial charge in [0, 0.05) is 5.75 Å². The quantitative estimate of drug-likeness (QED) is 0.789. The number of nitrogens with zero attached hydrogens (tertiary/aromatic N) is 2. The minimum absolute atomic E-state index is 0.00893. The first-order chi connectivity index (χ1) is 9.51. The lowest BCUT2D eigenvalue weighted by Gasteiger charge is -2.03. The molecule has 0 unspecified atom stereocenters. The molecule has 0 bridgehead atoms. The Balaban J connectivity index is 1.98. The van der Waals surface area contributed by atoms with Crippen LogP contribution in [0.25, 0.3) is 0 Å². The van der Waals surface area contributed by atoms with Crippen LogP contribution in [0.1, 0.15) is 11.3 Å². The average molecular weight is 308 g/mol. The Hall–Kier alpha value is -1.78. The minimum atomic E-state index is -3.35. The number of rotatable bonds is 5. The van der Waals surface area contributed by atoms with Crippen molar-refractivity contribution in [3.8, 4) is 6.07 Å². The number of benzene rings is 1. The van der Waals surface area contributed by atoms with E-state index in [0.29, 0.717) is 16.5 Å². The maximum Gasteiger partial charge on any atom is 0.255 e. The molecule has 0 fully saturated rings. The molecule has 0 aliphatic carbocycles. The van der Waals surface area contributed by atoms with E-state index in [1.54, 1.807) is 6.92 Å². The molecule has 1 heterocycles. The van der Waals surface area contributed by atoms with Gasteiger partial charge >= 0.3 is 0 Å². The van der Waals surface area contributed by atoms with Gasteiger partial charge in [0.2, 0.25) is 0 Å². The molecule has 7 heteroatoms. The molecule has 20 heavy (non-hydrogen) atoms. The lowest BCUT2D eigenvalue weighted by atomic mass is 10.2. The second-order valence-corrected chi connectivity index (χ2v) is 7.21. The van der Waals surface area contributed by atoms with E-state index in [2.05, 4.69) is 4.98 Å². The Labute approximate surface area is 121 Å². The summed E-state index contributed by atoms with van der Waals surface area (Å²) < 4.78 is 29.3. The Morgan fingerprint density at radius 2 is 2.05 bits per heavy atom. The maximum atomic E-state index is 12.1. The molecule has 2 rings (SSSR count). The van der Waals surface area contributed by atoms with Crippen LogP contribution in [-0.2, 0) is 9.84 Å². The second-order valence-electron chi connectivity index (χ2n) is 4.06. The monoisotopic (exact) mass is 308 g/mol. The van der Waals surface area contributed by atoms with E-state index in [4.69, 9.17) is 9.68 Å². The van der Waals surface area contributed by atoms with Crippen LogP contribution >= 0.6 is 11.8 Å². The number of nitriles is 1. The van der Waals surface area contributed by atoms with Crippen molar-refractivity contribution in [1.82, 2.24) is 4.98 Å². The van der Waals surface area contributed by atoms with E-state index >= 15 is 0 Å². The Kier molecular flexibility index (Phi) is 4.47. The molecule has 0 aliphatic heterocycles. The molecule has 0 atom stereocenters. The predicted molar refractivity (Wildman–Crippen MR) is 75.2 cm³/mol. The average Bonchev–Trinajstić information content (AvgIpc) is 2.84.